The van der Waals surface area contributed by atoms with Crippen molar-refractivity contribution in [2.75, 3.05) is 0 Å². The van der Waals surface area contributed by atoms with Crippen LogP contribution < -0.4 is 5.53 Å². The van der Waals surface area contributed by atoms with Gasteiger partial charge in [0.15, 0.2) is 0 Å². The summed E-state index contributed by atoms with van der Waals surface area (Å²) in [6.45, 7) is 4.42. The Morgan fingerprint density at radius 2 is 2.11 bits per heavy atom. The van der Waals surface area contributed by atoms with Gasteiger partial charge in [-0.05, 0) is 43.9 Å². The average Bonchev–Trinajstić information content (AvgIpc) is 2.42. The number of rotatable bonds is 7. The molecule has 2 aliphatic rings. The molecule has 1 heterocycles. The van der Waals surface area contributed by atoms with Gasteiger partial charge in [0.2, 0.25) is 0 Å². The zero-order valence-corrected chi connectivity index (χ0v) is 12.8. The summed E-state index contributed by atoms with van der Waals surface area (Å²) in [7, 11) is 0. The number of fused-ring (bicyclic) bond motifs is 1. The Bertz CT molecular complexity index is 302. The van der Waals surface area contributed by atoms with Crippen LogP contribution in [0.5, 0.6) is 0 Å². The molecule has 5 atom stereocenters. The molecule has 1 aliphatic carbocycles. The van der Waals surface area contributed by atoms with E-state index in [1.807, 2.05) is 0 Å². The number of nitrogens with one attached hydrogen (secondary N) is 1. The molecule has 110 valence electrons. The molecule has 0 aromatic heterocycles. The SMILES string of the molecule is CCC(Cl)CCC(C)C1C2CCCCC2N1NN=O. The third kappa shape index (κ3) is 3.22. The van der Waals surface area contributed by atoms with E-state index < -0.39 is 0 Å². The number of alkyl halides is 1. The molecule has 1 aliphatic heterocycles. The topological polar surface area (TPSA) is 44.7 Å². The van der Waals surface area contributed by atoms with Crippen molar-refractivity contribution in [1.82, 2.24) is 10.5 Å². The minimum Gasteiger partial charge on any atom is -0.203 e. The fourth-order valence-electron chi connectivity index (χ4n) is 3.91. The molecule has 0 bridgehead atoms. The van der Waals surface area contributed by atoms with Crippen LogP contribution in [0.1, 0.15) is 58.8 Å². The van der Waals surface area contributed by atoms with Gasteiger partial charge in [0, 0.05) is 17.5 Å². The molecule has 2 fully saturated rings. The lowest BCUT2D eigenvalue weighted by Gasteiger charge is -2.58. The molecule has 0 aromatic rings. The Balaban J connectivity index is 1.90. The second-order valence-electron chi connectivity index (χ2n) is 6.16. The highest BCUT2D eigenvalue weighted by molar-refractivity contribution is 6.20. The lowest BCUT2D eigenvalue weighted by molar-refractivity contribution is -0.139. The maximum Gasteiger partial charge on any atom is 0.0658 e. The summed E-state index contributed by atoms with van der Waals surface area (Å²) >= 11 is 6.21. The first-order valence-corrected chi connectivity index (χ1v) is 8.13. The third-order valence-electron chi connectivity index (χ3n) is 5.02. The lowest BCUT2D eigenvalue weighted by atomic mass is 9.67. The zero-order chi connectivity index (χ0) is 13.8. The van der Waals surface area contributed by atoms with Crippen LogP contribution in [-0.4, -0.2) is 22.5 Å². The molecule has 0 aromatic carbocycles. The van der Waals surface area contributed by atoms with Crippen molar-refractivity contribution in [3.63, 3.8) is 0 Å². The Hall–Kier alpha value is -0.350. The Labute approximate surface area is 121 Å². The van der Waals surface area contributed by atoms with Gasteiger partial charge in [0.1, 0.15) is 0 Å². The Morgan fingerprint density at radius 3 is 2.79 bits per heavy atom. The first-order chi connectivity index (χ1) is 9.19. The maximum atomic E-state index is 10.5. The summed E-state index contributed by atoms with van der Waals surface area (Å²) < 4.78 is 0. The fraction of sp³-hybridized carbons (Fsp3) is 1.00. The highest BCUT2D eigenvalue weighted by atomic mass is 35.5. The van der Waals surface area contributed by atoms with Gasteiger partial charge in [0.25, 0.3) is 0 Å². The predicted octanol–water partition coefficient (Wildman–Crippen LogP) is 3.85. The van der Waals surface area contributed by atoms with Gasteiger partial charge in [-0.25, -0.2) is 5.53 Å². The first kappa shape index (κ1) is 15.0. The van der Waals surface area contributed by atoms with Crippen molar-refractivity contribution in [3.8, 4) is 0 Å². The largest absolute Gasteiger partial charge is 0.203 e. The van der Waals surface area contributed by atoms with Crippen LogP contribution in [0.25, 0.3) is 0 Å². The second kappa shape index (κ2) is 6.89. The van der Waals surface area contributed by atoms with Crippen LogP contribution in [0.4, 0.5) is 0 Å². The molecular weight excluding hydrogens is 262 g/mol. The van der Waals surface area contributed by atoms with Gasteiger partial charge in [0.05, 0.1) is 5.29 Å². The molecule has 1 saturated heterocycles. The quantitative estimate of drug-likeness (QED) is 0.439. The summed E-state index contributed by atoms with van der Waals surface area (Å²) in [4.78, 5) is 10.5. The standard InChI is InChI=1S/C14H26ClN3O/c1-3-11(15)9-8-10(2)14-12-6-4-5-7-13(12)18(14)16-17-19/h10-14H,3-9H2,1-2H3,(H,16,19). The molecule has 0 radical (unpaired) electrons. The number of halogens is 1. The Kier molecular flexibility index (Phi) is 5.46. The average molecular weight is 288 g/mol. The number of hydrazine groups is 1. The van der Waals surface area contributed by atoms with E-state index >= 15 is 0 Å². The predicted molar refractivity (Wildman–Crippen MR) is 78.6 cm³/mol. The smallest absolute Gasteiger partial charge is 0.0658 e. The van der Waals surface area contributed by atoms with Gasteiger partial charge in [-0.1, -0.05) is 26.7 Å². The highest BCUT2D eigenvalue weighted by Gasteiger charge is 2.51. The summed E-state index contributed by atoms with van der Waals surface area (Å²) in [5.41, 5.74) is 2.68. The lowest BCUT2D eigenvalue weighted by Crippen LogP contribution is -2.70. The van der Waals surface area contributed by atoms with Crippen molar-refractivity contribution in [3.05, 3.63) is 4.91 Å². The van der Waals surface area contributed by atoms with Crippen molar-refractivity contribution >= 4 is 11.6 Å². The monoisotopic (exact) mass is 287 g/mol. The second-order valence-corrected chi connectivity index (χ2v) is 6.78. The number of nitroso groups, excluding NO2 is 1. The van der Waals surface area contributed by atoms with E-state index in [1.54, 1.807) is 0 Å². The van der Waals surface area contributed by atoms with Gasteiger partial charge in [-0.15, -0.1) is 16.5 Å². The van der Waals surface area contributed by atoms with E-state index in [-0.39, 0.29) is 5.38 Å². The van der Waals surface area contributed by atoms with Gasteiger partial charge >= 0.3 is 0 Å². The number of hydrogen-bond donors (Lipinski definition) is 1. The fourth-order valence-corrected chi connectivity index (χ4v) is 4.04. The molecule has 19 heavy (non-hydrogen) atoms. The van der Waals surface area contributed by atoms with E-state index in [0.717, 1.165) is 25.2 Å². The summed E-state index contributed by atoms with van der Waals surface area (Å²) in [6.07, 6.45) is 8.34. The van der Waals surface area contributed by atoms with Crippen molar-refractivity contribution in [2.45, 2.75) is 76.3 Å². The van der Waals surface area contributed by atoms with Crippen LogP contribution in [0.3, 0.4) is 0 Å². The number of nitrogens with zero attached hydrogens (tertiary/aromatic N) is 2. The van der Waals surface area contributed by atoms with Crippen LogP contribution >= 0.6 is 11.6 Å². The summed E-state index contributed by atoms with van der Waals surface area (Å²) in [5.74, 6) is 1.31. The molecule has 2 rings (SSSR count). The van der Waals surface area contributed by atoms with E-state index in [9.17, 15) is 4.91 Å². The minimum atomic E-state index is 0.287. The third-order valence-corrected chi connectivity index (χ3v) is 5.54. The molecular formula is C14H26ClN3O. The summed E-state index contributed by atoms with van der Waals surface area (Å²) in [5, 5.41) is 5.29. The first-order valence-electron chi connectivity index (χ1n) is 7.69. The van der Waals surface area contributed by atoms with Crippen molar-refractivity contribution in [2.24, 2.45) is 17.1 Å². The van der Waals surface area contributed by atoms with E-state index in [2.05, 4.69) is 29.7 Å². The zero-order valence-electron chi connectivity index (χ0n) is 12.0. The Morgan fingerprint density at radius 1 is 1.37 bits per heavy atom. The van der Waals surface area contributed by atoms with Crippen LogP contribution in [0.15, 0.2) is 5.29 Å². The van der Waals surface area contributed by atoms with Gasteiger partial charge in [-0.3, -0.25) is 0 Å². The molecule has 0 spiro atoms. The van der Waals surface area contributed by atoms with Crippen molar-refractivity contribution in [1.29, 1.82) is 0 Å². The normalized spacial score (nSPS) is 33.9. The number of hydrogen-bond acceptors (Lipinski definition) is 3. The molecule has 1 N–H and O–H groups in total. The molecule has 5 heteroatoms. The van der Waals surface area contributed by atoms with E-state index in [4.69, 9.17) is 11.6 Å². The molecule has 5 unspecified atom stereocenters. The maximum absolute atomic E-state index is 10.5. The molecule has 1 saturated carbocycles. The van der Waals surface area contributed by atoms with Crippen molar-refractivity contribution < 1.29 is 0 Å². The molecule has 4 nitrogen and oxygen atoms in total. The molecule has 0 amide bonds. The van der Waals surface area contributed by atoms with Gasteiger partial charge in [-0.2, -0.15) is 5.01 Å². The van der Waals surface area contributed by atoms with Crippen LogP contribution in [0.2, 0.25) is 0 Å². The van der Waals surface area contributed by atoms with Crippen LogP contribution in [-0.2, 0) is 0 Å². The highest BCUT2D eigenvalue weighted by Crippen LogP contribution is 2.45. The van der Waals surface area contributed by atoms with Gasteiger partial charge < -0.3 is 0 Å². The van der Waals surface area contributed by atoms with Crippen LogP contribution in [0, 0.1) is 16.7 Å². The minimum absolute atomic E-state index is 0.287. The summed E-state index contributed by atoms with van der Waals surface area (Å²) in [6, 6.07) is 0.987. The van der Waals surface area contributed by atoms with E-state index in [1.165, 1.54) is 25.7 Å². The van der Waals surface area contributed by atoms with E-state index in [0.29, 0.717) is 18.0 Å².